The zero-order valence-electron chi connectivity index (χ0n) is 17.7. The molecule has 1 saturated heterocycles. The van der Waals surface area contributed by atoms with Crippen molar-refractivity contribution in [3.63, 3.8) is 0 Å². The Bertz CT molecular complexity index is 990. The second-order valence-corrected chi connectivity index (χ2v) is 10.9. The monoisotopic (exact) mass is 464 g/mol. The molecule has 2 aromatic carbocycles. The van der Waals surface area contributed by atoms with Crippen molar-refractivity contribution in [2.75, 3.05) is 25.4 Å². The van der Waals surface area contributed by atoms with E-state index < -0.39 is 10.0 Å². The molecule has 0 saturated carbocycles. The molecule has 3 rings (SSSR count). The van der Waals surface area contributed by atoms with Crippen LogP contribution in [0.25, 0.3) is 0 Å². The van der Waals surface area contributed by atoms with Crippen molar-refractivity contribution in [2.45, 2.75) is 31.3 Å². The van der Waals surface area contributed by atoms with Gasteiger partial charge >= 0.3 is 0 Å². The second kappa shape index (κ2) is 11.1. The fourth-order valence-electron chi connectivity index (χ4n) is 3.69. The molecule has 1 aliphatic rings. The molecule has 1 heterocycles. The summed E-state index contributed by atoms with van der Waals surface area (Å²) in [4.78, 5) is 12.4. The van der Waals surface area contributed by atoms with Crippen molar-refractivity contribution in [3.05, 3.63) is 71.0 Å². The third-order valence-corrected chi connectivity index (χ3v) is 8.27. The van der Waals surface area contributed by atoms with E-state index >= 15 is 0 Å². The zero-order valence-corrected chi connectivity index (χ0v) is 19.4. The molecule has 8 heteroatoms. The highest BCUT2D eigenvalue weighted by Crippen LogP contribution is 2.22. The summed E-state index contributed by atoms with van der Waals surface area (Å²) in [5.74, 6) is 0.862. The van der Waals surface area contributed by atoms with Crippen molar-refractivity contribution >= 4 is 27.7 Å². The van der Waals surface area contributed by atoms with E-state index in [1.807, 2.05) is 37.3 Å². The number of nitrogens with one attached hydrogen (secondary N) is 1. The Labute approximate surface area is 188 Å². The van der Waals surface area contributed by atoms with Gasteiger partial charge in [0.2, 0.25) is 15.9 Å². The summed E-state index contributed by atoms with van der Waals surface area (Å²) in [6.45, 7) is 3.20. The lowest BCUT2D eigenvalue weighted by Crippen LogP contribution is -2.43. The van der Waals surface area contributed by atoms with Crippen LogP contribution >= 0.6 is 11.8 Å². The van der Waals surface area contributed by atoms with Crippen molar-refractivity contribution in [1.82, 2.24) is 9.62 Å². The minimum absolute atomic E-state index is 0.00915. The molecule has 0 radical (unpaired) electrons. The topological polar surface area (TPSA) is 66.5 Å². The molecule has 1 amide bonds. The van der Waals surface area contributed by atoms with Crippen molar-refractivity contribution < 1.29 is 17.6 Å². The summed E-state index contributed by atoms with van der Waals surface area (Å²) < 4.78 is 40.5. The first kappa shape index (κ1) is 23.8. The maximum atomic E-state index is 13.6. The van der Waals surface area contributed by atoms with Gasteiger partial charge in [-0.15, -0.1) is 0 Å². The van der Waals surface area contributed by atoms with Crippen molar-refractivity contribution in [2.24, 2.45) is 5.92 Å². The molecular weight excluding hydrogens is 435 g/mol. The van der Waals surface area contributed by atoms with Crippen molar-refractivity contribution in [3.8, 4) is 0 Å². The molecule has 0 aliphatic carbocycles. The molecule has 0 unspecified atom stereocenters. The molecule has 2 aromatic rings. The van der Waals surface area contributed by atoms with Gasteiger partial charge in [0, 0.05) is 37.1 Å². The quantitative estimate of drug-likeness (QED) is 0.575. The number of carbonyl (C=O) groups excluding carboxylic acids is 1. The average Bonchev–Trinajstić information content (AvgIpc) is 2.74. The molecule has 5 nitrogen and oxygen atoms in total. The van der Waals surface area contributed by atoms with Gasteiger partial charge in [0.1, 0.15) is 5.82 Å². The Morgan fingerprint density at radius 1 is 1.16 bits per heavy atom. The molecule has 0 aromatic heterocycles. The highest BCUT2D eigenvalue weighted by molar-refractivity contribution is 7.98. The Morgan fingerprint density at radius 2 is 1.90 bits per heavy atom. The number of hydrogen-bond donors (Lipinski definition) is 1. The summed E-state index contributed by atoms with van der Waals surface area (Å²) in [5.41, 5.74) is 2.49. The van der Waals surface area contributed by atoms with Gasteiger partial charge in [-0.3, -0.25) is 4.79 Å². The first-order valence-electron chi connectivity index (χ1n) is 10.5. The number of carbonyl (C=O) groups is 1. The lowest BCUT2D eigenvalue weighted by atomic mass is 9.97. The number of amides is 1. The van der Waals surface area contributed by atoms with Crippen molar-refractivity contribution in [1.29, 1.82) is 0 Å². The average molecular weight is 465 g/mol. The Balaban J connectivity index is 1.37. The molecule has 0 atom stereocenters. The Hall–Kier alpha value is -1.90. The van der Waals surface area contributed by atoms with Crippen LogP contribution in [-0.2, 0) is 26.3 Å². The Morgan fingerprint density at radius 3 is 2.61 bits per heavy atom. The zero-order chi connectivity index (χ0) is 22.3. The normalized spacial score (nSPS) is 15.7. The summed E-state index contributed by atoms with van der Waals surface area (Å²) in [6, 6.07) is 14.2. The lowest BCUT2D eigenvalue weighted by molar-refractivity contribution is -0.125. The maximum absolute atomic E-state index is 13.6. The molecular formula is C23H29FN2O3S2. The van der Waals surface area contributed by atoms with Crippen LogP contribution in [0, 0.1) is 18.7 Å². The summed E-state index contributed by atoms with van der Waals surface area (Å²) in [6.07, 6.45) is 1.06. The molecule has 168 valence electrons. The van der Waals surface area contributed by atoms with Crippen LogP contribution in [0.5, 0.6) is 0 Å². The van der Waals surface area contributed by atoms with Gasteiger partial charge in [-0.1, -0.05) is 48.0 Å². The van der Waals surface area contributed by atoms with Crippen LogP contribution in [0.4, 0.5) is 4.39 Å². The Kier molecular flexibility index (Phi) is 8.51. The van der Waals surface area contributed by atoms with Crippen LogP contribution in [-0.4, -0.2) is 44.0 Å². The van der Waals surface area contributed by atoms with Gasteiger partial charge in [-0.2, -0.15) is 11.8 Å². The predicted molar refractivity (Wildman–Crippen MR) is 124 cm³/mol. The number of halogens is 1. The van der Waals surface area contributed by atoms with Gasteiger partial charge in [0.25, 0.3) is 0 Å². The van der Waals surface area contributed by atoms with E-state index in [4.69, 9.17) is 0 Å². The number of benzene rings is 2. The number of piperidine rings is 1. The van der Waals surface area contributed by atoms with Gasteiger partial charge in [-0.05, 0) is 37.0 Å². The van der Waals surface area contributed by atoms with E-state index in [-0.39, 0.29) is 23.4 Å². The fourth-order valence-corrected chi connectivity index (χ4v) is 6.08. The molecule has 0 spiro atoms. The second-order valence-electron chi connectivity index (χ2n) is 7.85. The van der Waals surface area contributed by atoms with Crippen LogP contribution in [0.3, 0.4) is 0 Å². The van der Waals surface area contributed by atoms with Crippen LogP contribution < -0.4 is 5.32 Å². The van der Waals surface area contributed by atoms with Gasteiger partial charge in [-0.25, -0.2) is 17.1 Å². The van der Waals surface area contributed by atoms with E-state index in [0.29, 0.717) is 49.5 Å². The largest absolute Gasteiger partial charge is 0.355 e. The first-order chi connectivity index (χ1) is 14.8. The summed E-state index contributed by atoms with van der Waals surface area (Å²) >= 11 is 1.57. The fraction of sp³-hybridized carbons (Fsp3) is 0.435. The van der Waals surface area contributed by atoms with Crippen LogP contribution in [0.1, 0.15) is 29.5 Å². The highest BCUT2D eigenvalue weighted by atomic mass is 32.2. The van der Waals surface area contributed by atoms with E-state index in [2.05, 4.69) is 5.32 Å². The standard InChI is InChI=1S/C23H29FN2O3S2/c1-18-5-4-6-19(15-18)17-31(28,29)26-12-9-20(10-13-26)23(27)25-11-14-30-16-21-7-2-3-8-22(21)24/h2-8,15,20H,9-14,16-17H2,1H3,(H,25,27). The smallest absolute Gasteiger partial charge is 0.223 e. The summed E-state index contributed by atoms with van der Waals surface area (Å²) in [7, 11) is -3.39. The van der Waals surface area contributed by atoms with Crippen LogP contribution in [0.2, 0.25) is 0 Å². The van der Waals surface area contributed by atoms with Gasteiger partial charge < -0.3 is 5.32 Å². The minimum atomic E-state index is -3.39. The molecule has 1 N–H and O–H groups in total. The molecule has 1 aliphatic heterocycles. The highest BCUT2D eigenvalue weighted by Gasteiger charge is 2.31. The number of nitrogens with zero attached hydrogens (tertiary/aromatic N) is 1. The predicted octanol–water partition coefficient (Wildman–Crippen LogP) is 3.73. The SMILES string of the molecule is Cc1cccc(CS(=O)(=O)N2CCC(C(=O)NCCSCc3ccccc3F)CC2)c1. The minimum Gasteiger partial charge on any atom is -0.355 e. The number of rotatable bonds is 9. The third kappa shape index (κ3) is 7.05. The molecule has 0 bridgehead atoms. The first-order valence-corrected chi connectivity index (χ1v) is 13.2. The number of aryl methyl sites for hydroxylation is 1. The number of thioether (sulfide) groups is 1. The van der Waals surface area contributed by atoms with Crippen LogP contribution in [0.15, 0.2) is 48.5 Å². The third-order valence-electron chi connectivity index (χ3n) is 5.41. The maximum Gasteiger partial charge on any atom is 0.223 e. The molecule has 1 fully saturated rings. The van der Waals surface area contributed by atoms with E-state index in [1.165, 1.54) is 10.4 Å². The van der Waals surface area contributed by atoms with Gasteiger partial charge in [0.15, 0.2) is 0 Å². The van der Waals surface area contributed by atoms with Gasteiger partial charge in [0.05, 0.1) is 5.75 Å². The summed E-state index contributed by atoms with van der Waals surface area (Å²) in [5, 5.41) is 2.93. The van der Waals surface area contributed by atoms with E-state index in [9.17, 15) is 17.6 Å². The molecule has 31 heavy (non-hydrogen) atoms. The lowest BCUT2D eigenvalue weighted by Gasteiger charge is -2.30. The van der Waals surface area contributed by atoms with E-state index in [1.54, 1.807) is 23.9 Å². The number of sulfonamides is 1. The number of hydrogen-bond acceptors (Lipinski definition) is 4. The van der Waals surface area contributed by atoms with E-state index in [0.717, 1.165) is 11.1 Å².